The predicted octanol–water partition coefficient (Wildman–Crippen LogP) is 6.49. The summed E-state index contributed by atoms with van der Waals surface area (Å²) in [6, 6.07) is 29.9. The second kappa shape index (κ2) is 16.3. The Morgan fingerprint density at radius 3 is 2.02 bits per heavy atom. The summed E-state index contributed by atoms with van der Waals surface area (Å²) in [6.07, 6.45) is 0.937. The van der Waals surface area contributed by atoms with Crippen LogP contribution < -0.4 is 14.4 Å². The topological polar surface area (TPSA) is 96.0 Å². The van der Waals surface area contributed by atoms with Gasteiger partial charge in [-0.3, -0.25) is 13.9 Å². The maximum Gasteiger partial charge on any atom is 0.264 e. The highest BCUT2D eigenvalue weighted by Gasteiger charge is 2.35. The molecular formula is C36H40ClN3O5S. The number of carbonyl (C=O) groups excluding carboxylic acids is 2. The Balaban J connectivity index is 1.79. The van der Waals surface area contributed by atoms with Crippen LogP contribution in [0.25, 0.3) is 0 Å². The number of hydrogen-bond donors (Lipinski definition) is 1. The lowest BCUT2D eigenvalue weighted by Crippen LogP contribution is -2.54. The van der Waals surface area contributed by atoms with Gasteiger partial charge in [-0.2, -0.15) is 0 Å². The number of ether oxygens (including phenoxy) is 1. The summed E-state index contributed by atoms with van der Waals surface area (Å²) in [5.74, 6) is -0.286. The van der Waals surface area contributed by atoms with Gasteiger partial charge in [-0.25, -0.2) is 8.42 Å². The Morgan fingerprint density at radius 2 is 1.43 bits per heavy atom. The van der Waals surface area contributed by atoms with Crippen LogP contribution in [-0.4, -0.2) is 50.4 Å². The highest BCUT2D eigenvalue weighted by Crippen LogP contribution is 2.27. The van der Waals surface area contributed by atoms with E-state index in [-0.39, 0.29) is 35.5 Å². The molecule has 4 rings (SSSR count). The van der Waals surface area contributed by atoms with Crippen molar-refractivity contribution in [2.45, 2.75) is 57.1 Å². The highest BCUT2D eigenvalue weighted by atomic mass is 35.5. The van der Waals surface area contributed by atoms with E-state index in [0.717, 1.165) is 15.4 Å². The molecule has 10 heteroatoms. The van der Waals surface area contributed by atoms with Gasteiger partial charge in [-0.15, -0.1) is 0 Å². The maximum absolute atomic E-state index is 14.5. The molecule has 0 aliphatic carbocycles. The number of benzene rings is 4. The van der Waals surface area contributed by atoms with Crippen LogP contribution in [0.5, 0.6) is 5.75 Å². The summed E-state index contributed by atoms with van der Waals surface area (Å²) in [5, 5.41) is 3.57. The standard InChI is InChI=1S/C36H40ClN3O5S/c1-4-27(3)38-36(42)34(24-28-12-8-6-9-13-28)39(25-29-16-18-30(37)19-17-29)35(41)26-40(31-20-22-32(23-21-31)45-5-2)46(43,44)33-14-10-7-11-15-33/h6-23,27,34H,4-5,24-26H2,1-3H3,(H,38,42). The van der Waals surface area contributed by atoms with Crippen LogP contribution in [0.1, 0.15) is 38.3 Å². The molecule has 0 bridgehead atoms. The van der Waals surface area contributed by atoms with Crippen LogP contribution in [-0.2, 0) is 32.6 Å². The molecule has 242 valence electrons. The fourth-order valence-corrected chi connectivity index (χ4v) is 6.47. The van der Waals surface area contributed by atoms with Crippen molar-refractivity contribution >= 4 is 39.1 Å². The van der Waals surface area contributed by atoms with Crippen molar-refractivity contribution in [1.29, 1.82) is 0 Å². The monoisotopic (exact) mass is 661 g/mol. The lowest BCUT2D eigenvalue weighted by molar-refractivity contribution is -0.140. The van der Waals surface area contributed by atoms with E-state index in [1.165, 1.54) is 17.0 Å². The SMILES string of the molecule is CCOc1ccc(N(CC(=O)N(Cc2ccc(Cl)cc2)C(Cc2ccccc2)C(=O)NC(C)CC)S(=O)(=O)c2ccccc2)cc1. The van der Waals surface area contributed by atoms with Gasteiger partial charge in [0.15, 0.2) is 0 Å². The molecule has 0 heterocycles. The van der Waals surface area contributed by atoms with Gasteiger partial charge in [0.2, 0.25) is 11.8 Å². The van der Waals surface area contributed by atoms with Crippen LogP contribution in [0.4, 0.5) is 5.69 Å². The predicted molar refractivity (Wildman–Crippen MR) is 182 cm³/mol. The summed E-state index contributed by atoms with van der Waals surface area (Å²) >= 11 is 6.15. The first-order chi connectivity index (χ1) is 22.1. The zero-order valence-corrected chi connectivity index (χ0v) is 27.9. The second-order valence-corrected chi connectivity index (χ2v) is 13.2. The van der Waals surface area contributed by atoms with Crippen molar-refractivity contribution in [2.24, 2.45) is 0 Å². The molecule has 2 unspecified atom stereocenters. The first-order valence-corrected chi connectivity index (χ1v) is 17.1. The molecule has 0 saturated heterocycles. The second-order valence-electron chi connectivity index (χ2n) is 10.9. The smallest absolute Gasteiger partial charge is 0.264 e. The fourth-order valence-electron chi connectivity index (χ4n) is 4.91. The minimum absolute atomic E-state index is 0.0382. The minimum atomic E-state index is -4.19. The number of amides is 2. The van der Waals surface area contributed by atoms with E-state index in [9.17, 15) is 18.0 Å². The highest BCUT2D eigenvalue weighted by molar-refractivity contribution is 7.92. The Hall–Kier alpha value is -4.34. The van der Waals surface area contributed by atoms with E-state index in [1.807, 2.05) is 51.1 Å². The first-order valence-electron chi connectivity index (χ1n) is 15.3. The molecule has 0 spiro atoms. The lowest BCUT2D eigenvalue weighted by atomic mass is 10.0. The molecular weight excluding hydrogens is 622 g/mol. The maximum atomic E-state index is 14.5. The molecule has 4 aromatic carbocycles. The number of sulfonamides is 1. The molecule has 2 amide bonds. The van der Waals surface area contributed by atoms with E-state index in [0.29, 0.717) is 23.8 Å². The molecule has 46 heavy (non-hydrogen) atoms. The van der Waals surface area contributed by atoms with Crippen molar-refractivity contribution in [2.75, 3.05) is 17.5 Å². The Morgan fingerprint density at radius 1 is 0.826 bits per heavy atom. The number of nitrogens with zero attached hydrogens (tertiary/aromatic N) is 2. The summed E-state index contributed by atoms with van der Waals surface area (Å²) in [7, 11) is -4.19. The third kappa shape index (κ3) is 9.11. The van der Waals surface area contributed by atoms with Crippen LogP contribution in [0, 0.1) is 0 Å². The average molecular weight is 662 g/mol. The third-order valence-electron chi connectivity index (χ3n) is 7.58. The van der Waals surface area contributed by atoms with Crippen molar-refractivity contribution < 1.29 is 22.7 Å². The summed E-state index contributed by atoms with van der Waals surface area (Å²) in [4.78, 5) is 29.9. The van der Waals surface area contributed by atoms with Crippen molar-refractivity contribution in [3.8, 4) is 5.75 Å². The third-order valence-corrected chi connectivity index (χ3v) is 9.62. The van der Waals surface area contributed by atoms with E-state index >= 15 is 0 Å². The van der Waals surface area contributed by atoms with Gasteiger partial charge in [-0.1, -0.05) is 79.2 Å². The van der Waals surface area contributed by atoms with E-state index in [1.54, 1.807) is 66.7 Å². The fraction of sp³-hybridized carbons (Fsp3) is 0.278. The van der Waals surface area contributed by atoms with Crippen molar-refractivity contribution in [3.63, 3.8) is 0 Å². The molecule has 1 N–H and O–H groups in total. The molecule has 0 aromatic heterocycles. The number of nitrogens with one attached hydrogen (secondary N) is 1. The molecule has 2 atom stereocenters. The first kappa shape index (κ1) is 34.5. The van der Waals surface area contributed by atoms with Crippen LogP contribution in [0.3, 0.4) is 0 Å². The molecule has 0 radical (unpaired) electrons. The normalized spacial score (nSPS) is 12.5. The van der Waals surface area contributed by atoms with Crippen LogP contribution in [0.15, 0.2) is 114 Å². The van der Waals surface area contributed by atoms with Crippen molar-refractivity contribution in [1.82, 2.24) is 10.2 Å². The Bertz CT molecular complexity index is 1670. The number of halogens is 1. The molecule has 0 aliphatic heterocycles. The molecule has 0 saturated carbocycles. The number of rotatable bonds is 15. The number of carbonyl (C=O) groups is 2. The molecule has 4 aromatic rings. The number of anilines is 1. The van der Waals surface area contributed by atoms with Gasteiger partial charge in [0.25, 0.3) is 10.0 Å². The van der Waals surface area contributed by atoms with E-state index in [2.05, 4.69) is 5.32 Å². The van der Waals surface area contributed by atoms with Gasteiger partial charge in [0.05, 0.1) is 17.2 Å². The van der Waals surface area contributed by atoms with Crippen molar-refractivity contribution in [3.05, 3.63) is 125 Å². The quantitative estimate of drug-likeness (QED) is 0.157. The molecule has 0 fully saturated rings. The summed E-state index contributed by atoms with van der Waals surface area (Å²) < 4.78 is 34.9. The van der Waals surface area contributed by atoms with Gasteiger partial charge >= 0.3 is 0 Å². The van der Waals surface area contributed by atoms with Gasteiger partial charge in [-0.05, 0) is 79.9 Å². The Labute approximate surface area is 277 Å². The average Bonchev–Trinajstić information content (AvgIpc) is 3.07. The minimum Gasteiger partial charge on any atom is -0.494 e. The van der Waals surface area contributed by atoms with E-state index < -0.39 is 28.5 Å². The Kier molecular flexibility index (Phi) is 12.2. The van der Waals surface area contributed by atoms with Crippen LogP contribution in [0.2, 0.25) is 5.02 Å². The van der Waals surface area contributed by atoms with E-state index in [4.69, 9.17) is 16.3 Å². The zero-order valence-electron chi connectivity index (χ0n) is 26.3. The van der Waals surface area contributed by atoms with Gasteiger partial charge < -0.3 is 15.0 Å². The van der Waals surface area contributed by atoms with Gasteiger partial charge in [0.1, 0.15) is 18.3 Å². The summed E-state index contributed by atoms with van der Waals surface area (Å²) in [5.41, 5.74) is 1.89. The molecule has 8 nitrogen and oxygen atoms in total. The lowest BCUT2D eigenvalue weighted by Gasteiger charge is -2.34. The number of hydrogen-bond acceptors (Lipinski definition) is 5. The van der Waals surface area contributed by atoms with Crippen LogP contribution >= 0.6 is 11.6 Å². The zero-order chi connectivity index (χ0) is 33.1. The van der Waals surface area contributed by atoms with Gasteiger partial charge in [0, 0.05) is 24.0 Å². The molecule has 0 aliphatic rings. The summed E-state index contributed by atoms with van der Waals surface area (Å²) in [6.45, 7) is 5.70. The largest absolute Gasteiger partial charge is 0.494 e.